The molecule has 0 saturated carbocycles. The summed E-state index contributed by atoms with van der Waals surface area (Å²) in [6.07, 6.45) is 1.86. The van der Waals surface area contributed by atoms with Gasteiger partial charge in [0, 0.05) is 7.05 Å². The van der Waals surface area contributed by atoms with E-state index in [4.69, 9.17) is 5.21 Å². The first-order chi connectivity index (χ1) is 4.72. The van der Waals surface area contributed by atoms with Gasteiger partial charge in [-0.05, 0) is 19.4 Å². The number of likely N-dealkylation sites (N-methyl/N-ethyl adjacent to an activating group) is 1. The first kappa shape index (κ1) is 7.50. The van der Waals surface area contributed by atoms with Crippen LogP contribution in [0.3, 0.4) is 0 Å². The highest BCUT2D eigenvalue weighted by Crippen LogP contribution is 2.06. The lowest BCUT2D eigenvalue weighted by atomic mass is 10.2. The molecule has 1 atom stereocenters. The lowest BCUT2D eigenvalue weighted by molar-refractivity contribution is -0.161. The minimum atomic E-state index is -0.238. The van der Waals surface area contributed by atoms with Gasteiger partial charge in [-0.3, -0.25) is 10.0 Å². The van der Waals surface area contributed by atoms with E-state index in [-0.39, 0.29) is 11.9 Å². The van der Waals surface area contributed by atoms with Crippen molar-refractivity contribution in [2.45, 2.75) is 18.9 Å². The van der Waals surface area contributed by atoms with Gasteiger partial charge in [0.2, 0.25) is 0 Å². The van der Waals surface area contributed by atoms with Gasteiger partial charge in [-0.1, -0.05) is 0 Å². The minimum Gasteiger partial charge on any atom is -0.306 e. The van der Waals surface area contributed by atoms with Gasteiger partial charge in [0.25, 0.3) is 5.91 Å². The van der Waals surface area contributed by atoms with Gasteiger partial charge in [0.1, 0.15) is 0 Å². The Kier molecular flexibility index (Phi) is 2.24. The fraction of sp³-hybridized carbons (Fsp3) is 0.833. The van der Waals surface area contributed by atoms with E-state index in [9.17, 15) is 4.79 Å². The molecule has 0 bridgehead atoms. The largest absolute Gasteiger partial charge is 0.306 e. The highest BCUT2D eigenvalue weighted by atomic mass is 16.5. The standard InChI is InChI=1S/C6H12N2O2/c1-8(10)6(9)5-3-2-4-7-5/h5,7,10H,2-4H2,1H3/t5-/m1/s1. The molecule has 0 aromatic rings. The van der Waals surface area contributed by atoms with E-state index in [0.29, 0.717) is 5.06 Å². The van der Waals surface area contributed by atoms with Gasteiger partial charge in [0.15, 0.2) is 0 Å². The second-order valence-corrected chi connectivity index (χ2v) is 2.51. The Bertz CT molecular complexity index is 130. The summed E-state index contributed by atoms with van der Waals surface area (Å²) in [4.78, 5) is 11.0. The molecule has 1 saturated heterocycles. The van der Waals surface area contributed by atoms with E-state index in [1.54, 1.807) is 0 Å². The zero-order valence-electron chi connectivity index (χ0n) is 6.00. The number of rotatable bonds is 1. The van der Waals surface area contributed by atoms with Crippen LogP contribution in [0, 0.1) is 0 Å². The number of hydrogen-bond acceptors (Lipinski definition) is 3. The van der Waals surface area contributed by atoms with Crippen molar-refractivity contribution in [3.05, 3.63) is 0 Å². The van der Waals surface area contributed by atoms with Crippen molar-refractivity contribution in [3.63, 3.8) is 0 Å². The molecular weight excluding hydrogens is 132 g/mol. The molecule has 1 heterocycles. The molecule has 0 aromatic heterocycles. The smallest absolute Gasteiger partial charge is 0.262 e. The maximum Gasteiger partial charge on any atom is 0.262 e. The molecule has 0 spiro atoms. The van der Waals surface area contributed by atoms with Crippen molar-refractivity contribution >= 4 is 5.91 Å². The predicted molar refractivity (Wildman–Crippen MR) is 35.6 cm³/mol. The predicted octanol–water partition coefficient (Wildman–Crippen LogP) is -0.414. The van der Waals surface area contributed by atoms with Crippen molar-refractivity contribution in [3.8, 4) is 0 Å². The van der Waals surface area contributed by atoms with Crippen molar-refractivity contribution in [2.24, 2.45) is 0 Å². The Labute approximate surface area is 59.8 Å². The summed E-state index contributed by atoms with van der Waals surface area (Å²) in [5.74, 6) is -0.238. The van der Waals surface area contributed by atoms with Crippen LogP contribution in [0.25, 0.3) is 0 Å². The quantitative estimate of drug-likeness (QED) is 0.388. The highest BCUT2D eigenvalue weighted by molar-refractivity contribution is 5.80. The van der Waals surface area contributed by atoms with E-state index < -0.39 is 0 Å². The van der Waals surface area contributed by atoms with E-state index in [2.05, 4.69) is 5.32 Å². The van der Waals surface area contributed by atoms with Crippen LogP contribution >= 0.6 is 0 Å². The van der Waals surface area contributed by atoms with Gasteiger partial charge in [-0.2, -0.15) is 0 Å². The van der Waals surface area contributed by atoms with E-state index in [0.717, 1.165) is 19.4 Å². The Hall–Kier alpha value is -0.610. The summed E-state index contributed by atoms with van der Waals surface area (Å²) in [5, 5.41) is 12.4. The molecular formula is C6H12N2O2. The number of amides is 1. The molecule has 0 aliphatic carbocycles. The van der Waals surface area contributed by atoms with Gasteiger partial charge in [-0.15, -0.1) is 0 Å². The fourth-order valence-corrected chi connectivity index (χ4v) is 1.12. The van der Waals surface area contributed by atoms with Gasteiger partial charge < -0.3 is 5.32 Å². The number of carbonyl (C=O) groups is 1. The average Bonchev–Trinajstić information content (AvgIpc) is 2.36. The molecule has 58 valence electrons. The molecule has 1 fully saturated rings. The second kappa shape index (κ2) is 2.98. The maximum atomic E-state index is 11.0. The zero-order valence-corrected chi connectivity index (χ0v) is 6.00. The first-order valence-electron chi connectivity index (χ1n) is 3.41. The lowest BCUT2D eigenvalue weighted by Crippen LogP contribution is -2.39. The normalized spacial score (nSPS) is 24.8. The van der Waals surface area contributed by atoms with Crippen LogP contribution in [0.2, 0.25) is 0 Å². The van der Waals surface area contributed by atoms with Gasteiger partial charge in [0.05, 0.1) is 6.04 Å². The first-order valence-corrected chi connectivity index (χ1v) is 3.41. The van der Waals surface area contributed by atoms with Crippen LogP contribution in [0.4, 0.5) is 0 Å². The third kappa shape index (κ3) is 1.46. The van der Waals surface area contributed by atoms with Crippen LogP contribution in [0.1, 0.15) is 12.8 Å². The average molecular weight is 144 g/mol. The molecule has 10 heavy (non-hydrogen) atoms. The van der Waals surface area contributed by atoms with Gasteiger partial charge in [-0.25, -0.2) is 5.06 Å². The summed E-state index contributed by atoms with van der Waals surface area (Å²) < 4.78 is 0. The Morgan fingerprint density at radius 1 is 1.80 bits per heavy atom. The van der Waals surface area contributed by atoms with Crippen molar-refractivity contribution < 1.29 is 10.0 Å². The lowest BCUT2D eigenvalue weighted by Gasteiger charge is -2.13. The number of carbonyl (C=O) groups excluding carboxylic acids is 1. The van der Waals surface area contributed by atoms with E-state index >= 15 is 0 Å². The van der Waals surface area contributed by atoms with Crippen LogP contribution < -0.4 is 5.32 Å². The SMILES string of the molecule is CN(O)C(=O)[C@H]1CCCN1. The third-order valence-electron chi connectivity index (χ3n) is 1.68. The second-order valence-electron chi connectivity index (χ2n) is 2.51. The summed E-state index contributed by atoms with van der Waals surface area (Å²) in [5.41, 5.74) is 0. The topological polar surface area (TPSA) is 52.6 Å². The molecule has 0 aromatic carbocycles. The Balaban J connectivity index is 2.40. The number of nitrogens with zero attached hydrogens (tertiary/aromatic N) is 1. The fourth-order valence-electron chi connectivity index (χ4n) is 1.12. The molecule has 4 nitrogen and oxygen atoms in total. The van der Waals surface area contributed by atoms with Crippen molar-refractivity contribution in [2.75, 3.05) is 13.6 Å². The number of hydrogen-bond donors (Lipinski definition) is 2. The third-order valence-corrected chi connectivity index (χ3v) is 1.68. The summed E-state index contributed by atoms with van der Waals surface area (Å²) in [7, 11) is 1.35. The molecule has 1 aliphatic heterocycles. The van der Waals surface area contributed by atoms with Crippen LogP contribution in [-0.2, 0) is 4.79 Å². The van der Waals surface area contributed by atoms with Gasteiger partial charge >= 0.3 is 0 Å². The molecule has 1 aliphatic rings. The molecule has 2 N–H and O–H groups in total. The van der Waals surface area contributed by atoms with Crippen LogP contribution in [0.15, 0.2) is 0 Å². The Morgan fingerprint density at radius 3 is 2.90 bits per heavy atom. The van der Waals surface area contributed by atoms with Crippen molar-refractivity contribution in [1.82, 2.24) is 10.4 Å². The van der Waals surface area contributed by atoms with Crippen LogP contribution in [-0.4, -0.2) is 35.8 Å². The number of hydroxylamine groups is 2. The highest BCUT2D eigenvalue weighted by Gasteiger charge is 2.23. The van der Waals surface area contributed by atoms with E-state index in [1.807, 2.05) is 0 Å². The molecule has 0 radical (unpaired) electrons. The summed E-state index contributed by atoms with van der Waals surface area (Å²) in [6.45, 7) is 0.879. The molecule has 0 unspecified atom stereocenters. The monoisotopic (exact) mass is 144 g/mol. The molecule has 4 heteroatoms. The summed E-state index contributed by atoms with van der Waals surface area (Å²) >= 11 is 0. The molecule has 1 rings (SSSR count). The Morgan fingerprint density at radius 2 is 2.50 bits per heavy atom. The maximum absolute atomic E-state index is 11.0. The van der Waals surface area contributed by atoms with Crippen LogP contribution in [0.5, 0.6) is 0 Å². The zero-order chi connectivity index (χ0) is 7.56. The summed E-state index contributed by atoms with van der Waals surface area (Å²) in [6, 6.07) is -0.157. The number of nitrogens with one attached hydrogen (secondary N) is 1. The molecule has 1 amide bonds. The van der Waals surface area contributed by atoms with E-state index in [1.165, 1.54) is 7.05 Å². The van der Waals surface area contributed by atoms with Crippen molar-refractivity contribution in [1.29, 1.82) is 0 Å². The minimum absolute atomic E-state index is 0.157.